The Kier molecular flexibility index (Phi) is 6.22. The van der Waals surface area contributed by atoms with E-state index in [1.165, 1.54) is 34.1 Å². The third-order valence-corrected chi connectivity index (χ3v) is 6.49. The number of allylic oxidation sites excluding steroid dienone is 1. The van der Waals surface area contributed by atoms with Gasteiger partial charge in [-0.15, -0.1) is 6.58 Å². The summed E-state index contributed by atoms with van der Waals surface area (Å²) in [6.45, 7) is 6.63. The van der Waals surface area contributed by atoms with Crippen LogP contribution >= 0.6 is 11.3 Å². The second-order valence-corrected chi connectivity index (χ2v) is 8.78. The van der Waals surface area contributed by atoms with Crippen molar-refractivity contribution in [1.29, 1.82) is 0 Å². The molecule has 8 nitrogen and oxygen atoms in total. The predicted octanol–water partition coefficient (Wildman–Crippen LogP) is 2.88. The van der Waals surface area contributed by atoms with Gasteiger partial charge in [0.1, 0.15) is 17.1 Å². The highest BCUT2D eigenvalue weighted by atomic mass is 32.1. The predicted molar refractivity (Wildman–Crippen MR) is 124 cm³/mol. The molecule has 3 heterocycles. The van der Waals surface area contributed by atoms with Crippen molar-refractivity contribution in [3.05, 3.63) is 63.1 Å². The molecule has 10 heteroatoms. The van der Waals surface area contributed by atoms with Crippen LogP contribution in [0.4, 0.5) is 15.2 Å². The molecule has 168 valence electrons. The average molecular weight is 458 g/mol. The summed E-state index contributed by atoms with van der Waals surface area (Å²) in [4.78, 5) is 45.4. The number of piperidine rings is 1. The highest BCUT2D eigenvalue weighted by Crippen LogP contribution is 2.28. The Hall–Kier alpha value is -3.27. The van der Waals surface area contributed by atoms with Crippen LogP contribution in [0.15, 0.2) is 40.4 Å². The van der Waals surface area contributed by atoms with Crippen molar-refractivity contribution in [3.8, 4) is 0 Å². The number of anilines is 2. The Morgan fingerprint density at radius 3 is 2.69 bits per heavy atom. The van der Waals surface area contributed by atoms with E-state index in [-0.39, 0.29) is 17.9 Å². The van der Waals surface area contributed by atoms with Crippen LogP contribution in [0.5, 0.6) is 0 Å². The van der Waals surface area contributed by atoms with E-state index in [0.29, 0.717) is 9.83 Å². The van der Waals surface area contributed by atoms with Crippen LogP contribution in [0.25, 0.3) is 10.3 Å². The van der Waals surface area contributed by atoms with Gasteiger partial charge in [-0.05, 0) is 43.9 Å². The maximum atomic E-state index is 14.2. The SMILES string of the molecule is C=CCn1c(=O)c2sc(N3CCCCC3)nc2n(CC(=O)Nc2ccc(C)cc2F)c1=O. The molecule has 1 aromatic carbocycles. The van der Waals surface area contributed by atoms with Gasteiger partial charge >= 0.3 is 5.69 Å². The molecule has 1 N–H and O–H groups in total. The van der Waals surface area contributed by atoms with Crippen LogP contribution in [-0.2, 0) is 17.9 Å². The number of aryl methyl sites for hydroxylation is 1. The summed E-state index contributed by atoms with van der Waals surface area (Å²) in [6.07, 6.45) is 4.67. The van der Waals surface area contributed by atoms with Gasteiger partial charge in [0.25, 0.3) is 5.56 Å². The first-order valence-electron chi connectivity index (χ1n) is 10.4. The van der Waals surface area contributed by atoms with Gasteiger partial charge in [-0.25, -0.2) is 14.2 Å². The van der Waals surface area contributed by atoms with Gasteiger partial charge < -0.3 is 10.2 Å². The number of fused-ring (bicyclic) bond motifs is 1. The van der Waals surface area contributed by atoms with Crippen molar-refractivity contribution in [3.63, 3.8) is 0 Å². The minimum absolute atomic E-state index is 0.0127. The summed E-state index contributed by atoms with van der Waals surface area (Å²) in [6, 6.07) is 4.46. The molecule has 1 aliphatic rings. The van der Waals surface area contributed by atoms with Crippen molar-refractivity contribution >= 4 is 38.4 Å². The van der Waals surface area contributed by atoms with E-state index >= 15 is 0 Å². The van der Waals surface area contributed by atoms with Crippen LogP contribution in [0.3, 0.4) is 0 Å². The Balaban J connectivity index is 1.75. The molecule has 1 aliphatic heterocycles. The number of benzene rings is 1. The van der Waals surface area contributed by atoms with Gasteiger partial charge in [0.05, 0.1) is 5.69 Å². The molecule has 2 aromatic heterocycles. The maximum absolute atomic E-state index is 14.2. The fourth-order valence-electron chi connectivity index (χ4n) is 3.78. The number of carbonyl (C=O) groups is 1. The number of halogens is 1. The second-order valence-electron chi connectivity index (χ2n) is 7.80. The van der Waals surface area contributed by atoms with Gasteiger partial charge in [-0.2, -0.15) is 0 Å². The molecule has 0 unspecified atom stereocenters. The molecule has 0 spiro atoms. The molecule has 32 heavy (non-hydrogen) atoms. The fourth-order valence-corrected chi connectivity index (χ4v) is 4.85. The lowest BCUT2D eigenvalue weighted by molar-refractivity contribution is -0.116. The Bertz CT molecular complexity index is 1300. The summed E-state index contributed by atoms with van der Waals surface area (Å²) in [5.41, 5.74) is -0.186. The van der Waals surface area contributed by atoms with Crippen LogP contribution < -0.4 is 21.5 Å². The minimum Gasteiger partial charge on any atom is -0.348 e. The smallest absolute Gasteiger partial charge is 0.333 e. The molecule has 1 fully saturated rings. The standard InChI is InChI=1S/C22H24FN5O3S/c1-3-9-27-20(30)18-19(25-21(32-18)26-10-5-4-6-11-26)28(22(27)31)13-17(29)24-16-8-7-14(2)12-15(16)23/h3,7-8,12H,1,4-6,9-11,13H2,2H3,(H,24,29). The van der Waals surface area contributed by atoms with E-state index in [2.05, 4.69) is 21.8 Å². The second kappa shape index (κ2) is 9.07. The topological polar surface area (TPSA) is 89.2 Å². The summed E-state index contributed by atoms with van der Waals surface area (Å²) >= 11 is 1.22. The highest BCUT2D eigenvalue weighted by Gasteiger charge is 2.22. The molecular formula is C22H24FN5O3S. The number of aromatic nitrogens is 3. The van der Waals surface area contributed by atoms with E-state index in [4.69, 9.17) is 0 Å². The van der Waals surface area contributed by atoms with E-state index < -0.39 is 29.5 Å². The summed E-state index contributed by atoms with van der Waals surface area (Å²) in [5.74, 6) is -1.15. The number of nitrogens with one attached hydrogen (secondary N) is 1. The summed E-state index contributed by atoms with van der Waals surface area (Å²) < 4.78 is 16.7. The Labute approximate surface area is 187 Å². The fraction of sp³-hybridized carbons (Fsp3) is 0.364. The van der Waals surface area contributed by atoms with Crippen LogP contribution in [0.1, 0.15) is 24.8 Å². The van der Waals surface area contributed by atoms with Gasteiger partial charge in [-0.3, -0.25) is 18.7 Å². The molecule has 0 saturated carbocycles. The third kappa shape index (κ3) is 4.22. The Morgan fingerprint density at radius 2 is 2.00 bits per heavy atom. The monoisotopic (exact) mass is 457 g/mol. The molecule has 3 aromatic rings. The maximum Gasteiger partial charge on any atom is 0.333 e. The number of hydrogen-bond acceptors (Lipinski definition) is 6. The minimum atomic E-state index is -0.655. The summed E-state index contributed by atoms with van der Waals surface area (Å²) in [7, 11) is 0. The first-order valence-corrected chi connectivity index (χ1v) is 11.3. The van der Waals surface area contributed by atoms with Crippen molar-refractivity contribution in [2.24, 2.45) is 0 Å². The molecule has 1 amide bonds. The van der Waals surface area contributed by atoms with Crippen LogP contribution in [0.2, 0.25) is 0 Å². The number of nitrogens with zero attached hydrogens (tertiary/aromatic N) is 4. The zero-order valence-corrected chi connectivity index (χ0v) is 18.6. The number of hydrogen-bond donors (Lipinski definition) is 1. The highest BCUT2D eigenvalue weighted by molar-refractivity contribution is 7.22. The van der Waals surface area contributed by atoms with Crippen molar-refractivity contribution in [2.75, 3.05) is 23.3 Å². The normalized spacial score (nSPS) is 14.0. The quantitative estimate of drug-likeness (QED) is 0.575. The van der Waals surface area contributed by atoms with Gasteiger partial charge in [0.2, 0.25) is 5.91 Å². The number of rotatable bonds is 6. The van der Waals surface area contributed by atoms with Crippen LogP contribution in [0, 0.1) is 12.7 Å². The Morgan fingerprint density at radius 1 is 1.25 bits per heavy atom. The van der Waals surface area contributed by atoms with Crippen molar-refractivity contribution in [1.82, 2.24) is 14.1 Å². The molecule has 4 rings (SSSR count). The zero-order valence-electron chi connectivity index (χ0n) is 17.8. The lowest BCUT2D eigenvalue weighted by Gasteiger charge is -2.25. The van der Waals surface area contributed by atoms with Gasteiger partial charge in [0, 0.05) is 19.6 Å². The number of thiazole rings is 1. The molecule has 1 saturated heterocycles. The molecule has 0 aliphatic carbocycles. The van der Waals surface area contributed by atoms with E-state index in [9.17, 15) is 18.8 Å². The van der Waals surface area contributed by atoms with E-state index in [1.807, 2.05) is 0 Å². The molecule has 0 bridgehead atoms. The molecule has 0 radical (unpaired) electrons. The van der Waals surface area contributed by atoms with E-state index in [1.54, 1.807) is 13.0 Å². The first kappa shape index (κ1) is 21.9. The lowest BCUT2D eigenvalue weighted by atomic mass is 10.1. The molecule has 0 atom stereocenters. The number of carbonyl (C=O) groups excluding carboxylic acids is 1. The number of amides is 1. The molecular weight excluding hydrogens is 433 g/mol. The largest absolute Gasteiger partial charge is 0.348 e. The van der Waals surface area contributed by atoms with E-state index in [0.717, 1.165) is 42.5 Å². The van der Waals surface area contributed by atoms with Crippen molar-refractivity contribution < 1.29 is 9.18 Å². The zero-order chi connectivity index (χ0) is 22.8. The lowest BCUT2D eigenvalue weighted by Crippen LogP contribution is -2.41. The van der Waals surface area contributed by atoms with Crippen LogP contribution in [-0.4, -0.2) is 33.1 Å². The first-order chi connectivity index (χ1) is 15.4. The van der Waals surface area contributed by atoms with Crippen molar-refractivity contribution in [2.45, 2.75) is 39.3 Å². The summed E-state index contributed by atoms with van der Waals surface area (Å²) in [5, 5.41) is 3.16. The third-order valence-electron chi connectivity index (χ3n) is 5.39. The van der Waals surface area contributed by atoms with Gasteiger partial charge in [-0.1, -0.05) is 23.5 Å². The average Bonchev–Trinajstić information content (AvgIpc) is 3.22. The van der Waals surface area contributed by atoms with Gasteiger partial charge in [0.15, 0.2) is 10.8 Å².